The summed E-state index contributed by atoms with van der Waals surface area (Å²) in [7, 11) is 0. The molecule has 0 radical (unpaired) electrons. The van der Waals surface area contributed by atoms with Gasteiger partial charge < -0.3 is 19.9 Å². The zero-order chi connectivity index (χ0) is 15.5. The summed E-state index contributed by atoms with van der Waals surface area (Å²) < 4.78 is 37.8. The van der Waals surface area contributed by atoms with Crippen molar-refractivity contribution < 1.29 is 23.4 Å². The number of halogens is 2. The molecule has 0 aliphatic carbocycles. The van der Waals surface area contributed by atoms with E-state index < -0.39 is 17.7 Å². The fourth-order valence-electron chi connectivity index (χ4n) is 2.40. The molecular formula is C16H15F2NO3. The molecule has 4 nitrogen and oxygen atoms in total. The average molecular weight is 307 g/mol. The Labute approximate surface area is 126 Å². The van der Waals surface area contributed by atoms with Gasteiger partial charge in [-0.25, -0.2) is 8.78 Å². The lowest BCUT2D eigenvalue weighted by atomic mass is 10.1. The van der Waals surface area contributed by atoms with Crippen molar-refractivity contribution in [1.29, 1.82) is 0 Å². The molecule has 116 valence electrons. The first-order chi connectivity index (χ1) is 10.7. The van der Waals surface area contributed by atoms with Crippen LogP contribution in [0.15, 0.2) is 36.4 Å². The van der Waals surface area contributed by atoms with Gasteiger partial charge in [0.05, 0.1) is 11.7 Å². The highest BCUT2D eigenvalue weighted by atomic mass is 19.1. The smallest absolute Gasteiger partial charge is 0.231 e. The first-order valence-electron chi connectivity index (χ1n) is 6.87. The zero-order valence-corrected chi connectivity index (χ0v) is 11.7. The van der Waals surface area contributed by atoms with Gasteiger partial charge in [0.15, 0.2) is 11.5 Å². The molecule has 0 amide bonds. The van der Waals surface area contributed by atoms with E-state index in [1.54, 1.807) is 6.07 Å². The molecule has 0 aromatic heterocycles. The van der Waals surface area contributed by atoms with Gasteiger partial charge in [0, 0.05) is 18.7 Å². The van der Waals surface area contributed by atoms with Crippen LogP contribution in [0.5, 0.6) is 11.5 Å². The maximum atomic E-state index is 13.6. The zero-order valence-electron chi connectivity index (χ0n) is 11.7. The van der Waals surface area contributed by atoms with Crippen molar-refractivity contribution in [2.75, 3.05) is 13.3 Å². The Kier molecular flexibility index (Phi) is 4.22. The molecule has 0 unspecified atom stereocenters. The number of ether oxygens (including phenoxy) is 2. The minimum Gasteiger partial charge on any atom is -0.454 e. The molecule has 2 aromatic carbocycles. The second-order valence-corrected chi connectivity index (χ2v) is 4.93. The van der Waals surface area contributed by atoms with Crippen LogP contribution in [0.2, 0.25) is 0 Å². The topological polar surface area (TPSA) is 50.7 Å². The lowest BCUT2D eigenvalue weighted by Crippen LogP contribution is -2.22. The number of para-hydroxylation sites is 1. The Bertz CT molecular complexity index is 658. The van der Waals surface area contributed by atoms with E-state index in [2.05, 4.69) is 5.32 Å². The highest BCUT2D eigenvalue weighted by molar-refractivity contribution is 5.48. The predicted octanol–water partition coefficient (Wildman–Crippen LogP) is 2.52. The van der Waals surface area contributed by atoms with Crippen molar-refractivity contribution in [2.45, 2.75) is 12.6 Å². The normalized spacial score (nSPS) is 14.1. The van der Waals surface area contributed by atoms with Gasteiger partial charge in [-0.2, -0.15) is 0 Å². The monoisotopic (exact) mass is 307 g/mol. The SMILES string of the molecule is O[C@H](CNCc1cccc2c1OCO2)c1c(F)cccc1F. The third-order valence-electron chi connectivity index (χ3n) is 3.46. The number of aliphatic hydroxyl groups is 1. The molecule has 0 spiro atoms. The van der Waals surface area contributed by atoms with Crippen LogP contribution in [-0.2, 0) is 6.54 Å². The van der Waals surface area contributed by atoms with Gasteiger partial charge >= 0.3 is 0 Å². The molecule has 1 atom stereocenters. The lowest BCUT2D eigenvalue weighted by Gasteiger charge is -2.14. The molecule has 0 fully saturated rings. The van der Waals surface area contributed by atoms with Crippen LogP contribution in [0.3, 0.4) is 0 Å². The van der Waals surface area contributed by atoms with Crippen LogP contribution in [0.25, 0.3) is 0 Å². The maximum Gasteiger partial charge on any atom is 0.231 e. The highest BCUT2D eigenvalue weighted by Gasteiger charge is 2.19. The number of benzene rings is 2. The summed E-state index contributed by atoms with van der Waals surface area (Å²) >= 11 is 0. The Balaban J connectivity index is 1.63. The molecule has 0 saturated carbocycles. The minimum atomic E-state index is -1.27. The number of nitrogens with one attached hydrogen (secondary N) is 1. The molecule has 1 heterocycles. The quantitative estimate of drug-likeness (QED) is 0.891. The Morgan fingerprint density at radius 1 is 1.09 bits per heavy atom. The lowest BCUT2D eigenvalue weighted by molar-refractivity contribution is 0.163. The van der Waals surface area contributed by atoms with Crippen LogP contribution in [-0.4, -0.2) is 18.4 Å². The molecule has 1 aliphatic rings. The molecule has 1 aliphatic heterocycles. The van der Waals surface area contributed by atoms with E-state index in [0.717, 1.165) is 17.7 Å². The van der Waals surface area contributed by atoms with Crippen molar-refractivity contribution in [3.63, 3.8) is 0 Å². The van der Waals surface area contributed by atoms with Gasteiger partial charge in [-0.1, -0.05) is 18.2 Å². The van der Waals surface area contributed by atoms with E-state index in [0.29, 0.717) is 18.0 Å². The summed E-state index contributed by atoms with van der Waals surface area (Å²) in [5.41, 5.74) is 0.532. The van der Waals surface area contributed by atoms with Gasteiger partial charge in [0.1, 0.15) is 11.6 Å². The van der Waals surface area contributed by atoms with E-state index in [9.17, 15) is 13.9 Å². The number of hydrogen-bond acceptors (Lipinski definition) is 4. The molecule has 6 heteroatoms. The predicted molar refractivity (Wildman–Crippen MR) is 75.6 cm³/mol. The molecule has 0 bridgehead atoms. The van der Waals surface area contributed by atoms with Crippen molar-refractivity contribution >= 4 is 0 Å². The first kappa shape index (κ1) is 14.7. The summed E-state index contributed by atoms with van der Waals surface area (Å²) in [6, 6.07) is 9.00. The molecular weight excluding hydrogens is 292 g/mol. The van der Waals surface area contributed by atoms with Gasteiger partial charge in [-0.05, 0) is 18.2 Å². The van der Waals surface area contributed by atoms with Gasteiger partial charge in [-0.15, -0.1) is 0 Å². The van der Waals surface area contributed by atoms with E-state index in [4.69, 9.17) is 9.47 Å². The van der Waals surface area contributed by atoms with Crippen molar-refractivity contribution in [2.24, 2.45) is 0 Å². The Hall–Kier alpha value is -2.18. The summed E-state index contributed by atoms with van der Waals surface area (Å²) in [5, 5.41) is 12.9. The van der Waals surface area contributed by atoms with Crippen molar-refractivity contribution in [3.8, 4) is 11.5 Å². The third-order valence-corrected chi connectivity index (χ3v) is 3.46. The molecule has 0 saturated heterocycles. The summed E-state index contributed by atoms with van der Waals surface area (Å²) in [5.74, 6) is -0.195. The number of fused-ring (bicyclic) bond motifs is 1. The Morgan fingerprint density at radius 3 is 2.59 bits per heavy atom. The van der Waals surface area contributed by atoms with E-state index in [-0.39, 0.29) is 18.9 Å². The van der Waals surface area contributed by atoms with E-state index in [1.807, 2.05) is 12.1 Å². The Morgan fingerprint density at radius 2 is 1.82 bits per heavy atom. The highest BCUT2D eigenvalue weighted by Crippen LogP contribution is 2.35. The molecule has 2 aromatic rings. The van der Waals surface area contributed by atoms with Crippen LogP contribution in [0, 0.1) is 11.6 Å². The molecule has 22 heavy (non-hydrogen) atoms. The van der Waals surface area contributed by atoms with E-state index in [1.165, 1.54) is 6.07 Å². The van der Waals surface area contributed by atoms with Gasteiger partial charge in [0.2, 0.25) is 6.79 Å². The second-order valence-electron chi connectivity index (χ2n) is 4.93. The summed E-state index contributed by atoms with van der Waals surface area (Å²) in [6.07, 6.45) is -1.27. The number of aliphatic hydroxyl groups excluding tert-OH is 1. The standard InChI is InChI=1S/C16H15F2NO3/c17-11-4-2-5-12(18)15(11)13(20)8-19-7-10-3-1-6-14-16(10)22-9-21-14/h1-6,13,19-20H,7-9H2/t13-/m1/s1. The van der Waals surface area contributed by atoms with Crippen LogP contribution in [0.4, 0.5) is 8.78 Å². The van der Waals surface area contributed by atoms with Crippen LogP contribution >= 0.6 is 0 Å². The van der Waals surface area contributed by atoms with E-state index >= 15 is 0 Å². The molecule has 3 rings (SSSR count). The van der Waals surface area contributed by atoms with Gasteiger partial charge in [-0.3, -0.25) is 0 Å². The fourth-order valence-corrected chi connectivity index (χ4v) is 2.40. The average Bonchev–Trinajstić information content (AvgIpc) is 2.96. The van der Waals surface area contributed by atoms with Crippen LogP contribution < -0.4 is 14.8 Å². The van der Waals surface area contributed by atoms with Crippen LogP contribution in [0.1, 0.15) is 17.2 Å². The summed E-state index contributed by atoms with van der Waals surface area (Å²) in [4.78, 5) is 0. The minimum absolute atomic E-state index is 0.0162. The maximum absolute atomic E-state index is 13.6. The molecule has 2 N–H and O–H groups in total. The van der Waals surface area contributed by atoms with Crippen molar-refractivity contribution in [1.82, 2.24) is 5.32 Å². The first-order valence-corrected chi connectivity index (χ1v) is 6.87. The number of hydrogen-bond donors (Lipinski definition) is 2. The third kappa shape index (κ3) is 2.88. The second kappa shape index (κ2) is 6.29. The fraction of sp³-hybridized carbons (Fsp3) is 0.250. The van der Waals surface area contributed by atoms with Gasteiger partial charge in [0.25, 0.3) is 0 Å². The largest absolute Gasteiger partial charge is 0.454 e. The number of rotatable bonds is 5. The summed E-state index contributed by atoms with van der Waals surface area (Å²) in [6.45, 7) is 0.581. The van der Waals surface area contributed by atoms with Crippen molar-refractivity contribution in [3.05, 3.63) is 59.2 Å².